The van der Waals surface area contributed by atoms with E-state index in [0.29, 0.717) is 6.42 Å². The Balaban J connectivity index is -0.000000639. The Bertz CT molecular complexity index is 308. The van der Waals surface area contributed by atoms with Gasteiger partial charge in [-0.1, -0.05) is 71.1 Å². The Kier molecular flexibility index (Phi) is 29.4. The van der Waals surface area contributed by atoms with Crippen molar-refractivity contribution in [3.05, 3.63) is 0 Å². The molecular formula is C17H37NaO5S. The molecule has 0 heterocycles. The number of hydrogen-bond donors (Lipinski definition) is 0. The maximum atomic E-state index is 10.1. The zero-order chi connectivity index (χ0) is 17.8. The van der Waals surface area contributed by atoms with Crippen LogP contribution in [-0.4, -0.2) is 32.8 Å². The van der Waals surface area contributed by atoms with Crippen molar-refractivity contribution in [3.8, 4) is 0 Å². The van der Waals surface area contributed by atoms with Crippen molar-refractivity contribution in [1.29, 1.82) is 0 Å². The fourth-order valence-electron chi connectivity index (χ4n) is 2.13. The average molecular weight is 377 g/mol. The molecule has 0 aliphatic rings. The SMILES string of the molecule is CCCCCCCCCCCCCOS(=O)(=O)[O-].CCOCC.[Na+]. The van der Waals surface area contributed by atoms with Crippen LogP contribution in [0.2, 0.25) is 0 Å². The standard InChI is InChI=1S/C13H28O4S.C4H10O.Na/c1-2-3-4-5-6-7-8-9-10-11-12-13-17-18(14,15)16;1-3-5-4-2;/h2-13H2,1H3,(H,14,15,16);3-4H2,1-2H3;/q;;+1/p-1. The first-order valence-corrected chi connectivity index (χ1v) is 10.5. The van der Waals surface area contributed by atoms with Crippen molar-refractivity contribution in [2.45, 2.75) is 91.4 Å². The molecule has 0 radical (unpaired) electrons. The van der Waals surface area contributed by atoms with Gasteiger partial charge in [-0.05, 0) is 20.3 Å². The maximum absolute atomic E-state index is 10.1. The molecule has 7 heteroatoms. The Morgan fingerprint density at radius 2 is 1.08 bits per heavy atom. The summed E-state index contributed by atoms with van der Waals surface area (Å²) in [5, 5.41) is 0. The van der Waals surface area contributed by atoms with Crippen LogP contribution in [0.15, 0.2) is 0 Å². The largest absolute Gasteiger partial charge is 1.00 e. The van der Waals surface area contributed by atoms with E-state index in [1.807, 2.05) is 13.8 Å². The minimum atomic E-state index is -4.49. The summed E-state index contributed by atoms with van der Waals surface area (Å²) in [5.41, 5.74) is 0. The zero-order valence-electron chi connectivity index (χ0n) is 16.3. The van der Waals surface area contributed by atoms with Crippen LogP contribution in [-0.2, 0) is 19.3 Å². The van der Waals surface area contributed by atoms with Crippen molar-refractivity contribution in [3.63, 3.8) is 0 Å². The predicted molar refractivity (Wildman–Crippen MR) is 94.3 cm³/mol. The van der Waals surface area contributed by atoms with Crippen LogP contribution in [0.5, 0.6) is 0 Å². The maximum Gasteiger partial charge on any atom is 1.00 e. The van der Waals surface area contributed by atoms with E-state index in [0.717, 1.165) is 26.1 Å². The first-order chi connectivity index (χ1) is 11.0. The summed E-state index contributed by atoms with van der Waals surface area (Å²) >= 11 is 0. The Labute approximate surface area is 172 Å². The molecule has 0 atom stereocenters. The molecular weight excluding hydrogens is 339 g/mol. The van der Waals surface area contributed by atoms with Crippen molar-refractivity contribution < 1.29 is 51.4 Å². The Morgan fingerprint density at radius 3 is 1.38 bits per heavy atom. The Morgan fingerprint density at radius 1 is 0.708 bits per heavy atom. The van der Waals surface area contributed by atoms with E-state index in [2.05, 4.69) is 11.1 Å². The van der Waals surface area contributed by atoms with E-state index in [1.165, 1.54) is 51.4 Å². The number of unbranched alkanes of at least 4 members (excludes halogenated alkanes) is 10. The van der Waals surface area contributed by atoms with E-state index < -0.39 is 10.4 Å². The molecule has 0 bridgehead atoms. The third-order valence-corrected chi connectivity index (χ3v) is 3.84. The van der Waals surface area contributed by atoms with Gasteiger partial charge in [0.1, 0.15) is 0 Å². The Hall–Kier alpha value is 0.830. The van der Waals surface area contributed by atoms with Crippen molar-refractivity contribution in [1.82, 2.24) is 0 Å². The molecule has 0 aliphatic carbocycles. The van der Waals surface area contributed by atoms with Gasteiger partial charge in [0.2, 0.25) is 10.4 Å². The molecule has 24 heavy (non-hydrogen) atoms. The summed E-state index contributed by atoms with van der Waals surface area (Å²) in [4.78, 5) is 0. The van der Waals surface area contributed by atoms with E-state index in [-0.39, 0.29) is 36.2 Å². The number of rotatable bonds is 15. The first kappa shape index (κ1) is 29.6. The second-order valence-corrected chi connectivity index (χ2v) is 6.60. The van der Waals surface area contributed by atoms with Crippen LogP contribution in [0.25, 0.3) is 0 Å². The molecule has 5 nitrogen and oxygen atoms in total. The van der Waals surface area contributed by atoms with E-state index >= 15 is 0 Å². The van der Waals surface area contributed by atoms with Gasteiger partial charge < -0.3 is 9.29 Å². The van der Waals surface area contributed by atoms with Gasteiger partial charge in [-0.25, -0.2) is 8.42 Å². The summed E-state index contributed by atoms with van der Waals surface area (Å²) < 4.78 is 39.4. The predicted octanol–water partition coefficient (Wildman–Crippen LogP) is 1.82. The molecule has 142 valence electrons. The third kappa shape index (κ3) is 34.2. The molecule has 0 amide bonds. The first-order valence-electron chi connectivity index (χ1n) is 9.15. The molecule has 0 saturated carbocycles. The van der Waals surface area contributed by atoms with Gasteiger partial charge in [0.15, 0.2) is 0 Å². The minimum Gasteiger partial charge on any atom is -0.726 e. The number of hydrogen-bond acceptors (Lipinski definition) is 5. The normalized spacial score (nSPS) is 10.7. The van der Waals surface area contributed by atoms with E-state index in [1.54, 1.807) is 0 Å². The van der Waals surface area contributed by atoms with E-state index in [4.69, 9.17) is 4.74 Å². The smallest absolute Gasteiger partial charge is 0.726 e. The van der Waals surface area contributed by atoms with Gasteiger partial charge in [0.25, 0.3) is 0 Å². The molecule has 0 N–H and O–H groups in total. The summed E-state index contributed by atoms with van der Waals surface area (Å²) in [6.45, 7) is 7.92. The monoisotopic (exact) mass is 376 g/mol. The summed E-state index contributed by atoms with van der Waals surface area (Å²) in [7, 11) is -4.49. The van der Waals surface area contributed by atoms with Gasteiger partial charge in [0.05, 0.1) is 6.61 Å². The fraction of sp³-hybridized carbons (Fsp3) is 1.00. The molecule has 0 fully saturated rings. The number of ether oxygens (including phenoxy) is 1. The summed E-state index contributed by atoms with van der Waals surface area (Å²) in [5.74, 6) is 0. The molecule has 0 unspecified atom stereocenters. The quantitative estimate of drug-likeness (QED) is 0.189. The van der Waals surface area contributed by atoms with Crippen LogP contribution in [0.4, 0.5) is 0 Å². The van der Waals surface area contributed by atoms with Crippen LogP contribution in [0, 0.1) is 0 Å². The van der Waals surface area contributed by atoms with Gasteiger partial charge in [-0.3, -0.25) is 4.18 Å². The molecule has 0 aromatic rings. The van der Waals surface area contributed by atoms with E-state index in [9.17, 15) is 13.0 Å². The molecule has 0 saturated heterocycles. The van der Waals surface area contributed by atoms with Gasteiger partial charge in [-0.15, -0.1) is 0 Å². The average Bonchev–Trinajstić information content (AvgIpc) is 2.49. The minimum absolute atomic E-state index is 0. The van der Waals surface area contributed by atoms with Crippen molar-refractivity contribution in [2.24, 2.45) is 0 Å². The van der Waals surface area contributed by atoms with Crippen molar-refractivity contribution in [2.75, 3.05) is 19.8 Å². The molecule has 0 aliphatic heterocycles. The third-order valence-electron chi connectivity index (χ3n) is 3.38. The topological polar surface area (TPSA) is 75.7 Å². The van der Waals surface area contributed by atoms with Crippen LogP contribution < -0.4 is 29.6 Å². The fourth-order valence-corrected chi connectivity index (χ4v) is 2.45. The molecule has 0 rings (SSSR count). The summed E-state index contributed by atoms with van der Waals surface area (Å²) in [6, 6.07) is 0. The second-order valence-electron chi connectivity index (χ2n) is 5.55. The van der Waals surface area contributed by atoms with Gasteiger partial charge >= 0.3 is 29.6 Å². The van der Waals surface area contributed by atoms with Crippen LogP contribution >= 0.6 is 0 Å². The molecule has 0 spiro atoms. The van der Waals surface area contributed by atoms with Crippen LogP contribution in [0.1, 0.15) is 91.4 Å². The zero-order valence-corrected chi connectivity index (χ0v) is 19.2. The van der Waals surface area contributed by atoms with Crippen molar-refractivity contribution >= 4 is 10.4 Å². The molecule has 0 aromatic carbocycles. The van der Waals surface area contributed by atoms with Gasteiger partial charge in [0, 0.05) is 13.2 Å². The second kappa shape index (κ2) is 23.8. The summed E-state index contributed by atoms with van der Waals surface area (Å²) in [6.07, 6.45) is 13.1. The van der Waals surface area contributed by atoms with Gasteiger partial charge in [-0.2, -0.15) is 0 Å². The van der Waals surface area contributed by atoms with Crippen LogP contribution in [0.3, 0.4) is 0 Å². The molecule has 0 aromatic heterocycles.